The van der Waals surface area contributed by atoms with Gasteiger partial charge in [0.25, 0.3) is 0 Å². The Hall–Kier alpha value is -1.99. The van der Waals surface area contributed by atoms with E-state index in [1.807, 2.05) is 0 Å². The van der Waals surface area contributed by atoms with Gasteiger partial charge in [-0.15, -0.1) is 0 Å². The van der Waals surface area contributed by atoms with Gasteiger partial charge in [0.1, 0.15) is 16.5 Å². The highest BCUT2D eigenvalue weighted by atomic mass is 32.2. The van der Waals surface area contributed by atoms with Crippen molar-refractivity contribution in [1.29, 1.82) is 0 Å². The van der Waals surface area contributed by atoms with Crippen LogP contribution in [0.4, 0.5) is 10.2 Å². The molecule has 0 aliphatic carbocycles. The van der Waals surface area contributed by atoms with E-state index < -0.39 is 10.0 Å². The fourth-order valence-electron chi connectivity index (χ4n) is 1.95. The topological polar surface area (TPSA) is 85.1 Å². The first-order valence-electron chi connectivity index (χ1n) is 6.26. The molecule has 0 amide bonds. The molecule has 3 N–H and O–H groups in total. The van der Waals surface area contributed by atoms with Crippen molar-refractivity contribution in [1.82, 2.24) is 9.71 Å². The van der Waals surface area contributed by atoms with E-state index in [2.05, 4.69) is 9.71 Å². The third kappa shape index (κ3) is 3.56. The molecule has 0 aliphatic rings. The number of pyridine rings is 1. The molecule has 0 atom stereocenters. The van der Waals surface area contributed by atoms with E-state index >= 15 is 0 Å². The zero-order chi connectivity index (χ0) is 15.6. The molecule has 0 fully saturated rings. The summed E-state index contributed by atoms with van der Waals surface area (Å²) in [6.45, 7) is 3.36. The van der Waals surface area contributed by atoms with Gasteiger partial charge in [-0.1, -0.05) is 12.1 Å². The van der Waals surface area contributed by atoms with Crippen LogP contribution in [0.15, 0.2) is 35.4 Å². The quantitative estimate of drug-likeness (QED) is 0.903. The number of hydrogen-bond donors (Lipinski definition) is 2. The van der Waals surface area contributed by atoms with Gasteiger partial charge in [0, 0.05) is 12.7 Å². The summed E-state index contributed by atoms with van der Waals surface area (Å²) < 4.78 is 40.2. The molecule has 0 unspecified atom stereocenters. The van der Waals surface area contributed by atoms with Gasteiger partial charge in [-0.25, -0.2) is 22.5 Å². The van der Waals surface area contributed by atoms with E-state index in [1.165, 1.54) is 18.3 Å². The summed E-state index contributed by atoms with van der Waals surface area (Å²) in [5.74, 6) is -0.0249. The van der Waals surface area contributed by atoms with Crippen LogP contribution in [-0.4, -0.2) is 13.4 Å². The summed E-state index contributed by atoms with van der Waals surface area (Å²) in [6, 6.07) is 6.03. The number of hydrogen-bond acceptors (Lipinski definition) is 4. The summed E-state index contributed by atoms with van der Waals surface area (Å²) in [5, 5.41) is 0. The number of aryl methyl sites for hydroxylation is 2. The van der Waals surface area contributed by atoms with Crippen molar-refractivity contribution in [3.05, 3.63) is 53.0 Å². The Kier molecular flexibility index (Phi) is 4.24. The second-order valence-corrected chi connectivity index (χ2v) is 6.55. The van der Waals surface area contributed by atoms with Crippen molar-refractivity contribution in [2.75, 3.05) is 5.73 Å². The van der Waals surface area contributed by atoms with Gasteiger partial charge in [-0.3, -0.25) is 0 Å². The molecule has 1 aromatic heterocycles. The monoisotopic (exact) mass is 309 g/mol. The normalized spacial score (nSPS) is 11.6. The maximum absolute atomic E-state index is 13.5. The molecule has 0 aliphatic heterocycles. The van der Waals surface area contributed by atoms with Crippen molar-refractivity contribution in [3.8, 4) is 0 Å². The number of sulfonamides is 1. The molecule has 1 heterocycles. The first-order chi connectivity index (χ1) is 9.79. The summed E-state index contributed by atoms with van der Waals surface area (Å²) >= 11 is 0. The minimum atomic E-state index is -3.67. The first kappa shape index (κ1) is 15.4. The second kappa shape index (κ2) is 5.79. The molecule has 21 heavy (non-hydrogen) atoms. The Morgan fingerprint density at radius 2 is 1.86 bits per heavy atom. The molecule has 5 nitrogen and oxygen atoms in total. The Morgan fingerprint density at radius 1 is 1.24 bits per heavy atom. The number of anilines is 1. The average Bonchev–Trinajstić information content (AvgIpc) is 2.43. The summed E-state index contributed by atoms with van der Waals surface area (Å²) in [5.41, 5.74) is 7.08. The zero-order valence-electron chi connectivity index (χ0n) is 11.7. The Labute approximate surface area is 123 Å². The second-order valence-electron chi connectivity index (χ2n) is 4.79. The highest BCUT2D eigenvalue weighted by Crippen LogP contribution is 2.15. The Morgan fingerprint density at radius 3 is 2.38 bits per heavy atom. The Balaban J connectivity index is 2.17. The fourth-order valence-corrected chi connectivity index (χ4v) is 2.91. The molecule has 2 rings (SSSR count). The van der Waals surface area contributed by atoms with Crippen LogP contribution < -0.4 is 10.5 Å². The lowest BCUT2D eigenvalue weighted by molar-refractivity contribution is 0.580. The standard InChI is InChI=1S/C14H16FN3O2S/c1-9-5-11(6-10(2)14(9)15)7-18-21(19,20)12-3-4-13(16)17-8-12/h3-6,8,18H,7H2,1-2H3,(H2,16,17). The Bertz CT molecular complexity index is 735. The highest BCUT2D eigenvalue weighted by Gasteiger charge is 2.14. The van der Waals surface area contributed by atoms with Gasteiger partial charge in [0.05, 0.1) is 0 Å². The number of aromatic nitrogens is 1. The maximum atomic E-state index is 13.5. The molecule has 0 radical (unpaired) electrons. The van der Waals surface area contributed by atoms with E-state index in [0.29, 0.717) is 16.7 Å². The molecule has 112 valence electrons. The largest absolute Gasteiger partial charge is 0.384 e. The van der Waals surface area contributed by atoms with Crippen LogP contribution in [0.5, 0.6) is 0 Å². The summed E-state index contributed by atoms with van der Waals surface area (Å²) in [4.78, 5) is 3.78. The van der Waals surface area contributed by atoms with E-state index in [-0.39, 0.29) is 23.1 Å². The lowest BCUT2D eigenvalue weighted by Gasteiger charge is -2.09. The van der Waals surface area contributed by atoms with E-state index in [0.717, 1.165) is 0 Å². The van der Waals surface area contributed by atoms with Gasteiger partial charge in [0.15, 0.2) is 0 Å². The van der Waals surface area contributed by atoms with E-state index in [4.69, 9.17) is 5.73 Å². The number of benzene rings is 1. The molecule has 0 bridgehead atoms. The third-order valence-corrected chi connectivity index (χ3v) is 4.42. The number of halogens is 1. The predicted molar refractivity (Wildman–Crippen MR) is 78.5 cm³/mol. The summed E-state index contributed by atoms with van der Waals surface area (Å²) in [7, 11) is -3.67. The average molecular weight is 309 g/mol. The molecule has 0 spiro atoms. The van der Waals surface area contributed by atoms with Crippen molar-refractivity contribution in [2.24, 2.45) is 0 Å². The van der Waals surface area contributed by atoms with Crippen LogP contribution in [0.1, 0.15) is 16.7 Å². The number of nitrogen functional groups attached to an aromatic ring is 1. The number of nitrogens with one attached hydrogen (secondary N) is 1. The minimum absolute atomic E-state index is 0.0345. The number of rotatable bonds is 4. The lowest BCUT2D eigenvalue weighted by Crippen LogP contribution is -2.23. The maximum Gasteiger partial charge on any atom is 0.242 e. The van der Waals surface area contributed by atoms with Crippen LogP contribution >= 0.6 is 0 Å². The number of nitrogens with two attached hydrogens (primary N) is 1. The van der Waals surface area contributed by atoms with Crippen molar-refractivity contribution < 1.29 is 12.8 Å². The van der Waals surface area contributed by atoms with Crippen LogP contribution in [0.25, 0.3) is 0 Å². The molecule has 2 aromatic rings. The molecule has 0 saturated carbocycles. The minimum Gasteiger partial charge on any atom is -0.384 e. The number of nitrogens with zero attached hydrogens (tertiary/aromatic N) is 1. The van der Waals surface area contributed by atoms with Crippen LogP contribution in [0.3, 0.4) is 0 Å². The summed E-state index contributed by atoms with van der Waals surface area (Å²) in [6.07, 6.45) is 1.19. The smallest absolute Gasteiger partial charge is 0.242 e. The SMILES string of the molecule is Cc1cc(CNS(=O)(=O)c2ccc(N)nc2)cc(C)c1F. The molecular weight excluding hydrogens is 293 g/mol. The molecule has 0 saturated heterocycles. The van der Waals surface area contributed by atoms with E-state index in [9.17, 15) is 12.8 Å². The van der Waals surface area contributed by atoms with Crippen LogP contribution in [0, 0.1) is 19.7 Å². The fraction of sp³-hybridized carbons (Fsp3) is 0.214. The molecular formula is C14H16FN3O2S. The van der Waals surface area contributed by atoms with Crippen LogP contribution in [0.2, 0.25) is 0 Å². The van der Waals surface area contributed by atoms with Gasteiger partial charge in [-0.2, -0.15) is 0 Å². The van der Waals surface area contributed by atoms with Crippen molar-refractivity contribution >= 4 is 15.8 Å². The van der Waals surface area contributed by atoms with Gasteiger partial charge >= 0.3 is 0 Å². The van der Waals surface area contributed by atoms with Crippen LogP contribution in [-0.2, 0) is 16.6 Å². The first-order valence-corrected chi connectivity index (χ1v) is 7.75. The van der Waals surface area contributed by atoms with Crippen molar-refractivity contribution in [2.45, 2.75) is 25.3 Å². The van der Waals surface area contributed by atoms with Gasteiger partial charge in [0.2, 0.25) is 10.0 Å². The predicted octanol–water partition coefficient (Wildman–Crippen LogP) is 1.90. The lowest BCUT2D eigenvalue weighted by atomic mass is 10.1. The molecule has 7 heteroatoms. The zero-order valence-corrected chi connectivity index (χ0v) is 12.5. The molecule has 1 aromatic carbocycles. The highest BCUT2D eigenvalue weighted by molar-refractivity contribution is 7.89. The van der Waals surface area contributed by atoms with E-state index in [1.54, 1.807) is 26.0 Å². The van der Waals surface area contributed by atoms with Crippen molar-refractivity contribution in [3.63, 3.8) is 0 Å². The third-order valence-electron chi connectivity index (χ3n) is 3.03. The van der Waals surface area contributed by atoms with Gasteiger partial charge < -0.3 is 5.73 Å². The van der Waals surface area contributed by atoms with Gasteiger partial charge in [-0.05, 0) is 42.7 Å².